The molecule has 0 amide bonds. The zero-order chi connectivity index (χ0) is 36.8. The molecular formula is C34H68F6NO4PS2. The fourth-order valence-corrected chi connectivity index (χ4v) is 22.5. The van der Waals surface area contributed by atoms with Crippen molar-refractivity contribution < 1.29 is 43.2 Å². The molecule has 0 spiro atoms. The third kappa shape index (κ3) is 15.2. The minimum absolute atomic E-state index is 0.195. The molecular weight excluding hydrogens is 695 g/mol. The van der Waals surface area contributed by atoms with Gasteiger partial charge in [0.05, 0.1) is 0 Å². The van der Waals surface area contributed by atoms with E-state index in [0.29, 0.717) is 51.4 Å². The van der Waals surface area contributed by atoms with Crippen LogP contribution in [0.25, 0.3) is 0 Å². The van der Waals surface area contributed by atoms with Crippen LogP contribution in [-0.2, 0) is 20.0 Å². The molecule has 0 aliphatic heterocycles. The van der Waals surface area contributed by atoms with Gasteiger partial charge in [0.25, 0.3) is 0 Å². The third-order valence-corrected chi connectivity index (χ3v) is 23.8. The van der Waals surface area contributed by atoms with Gasteiger partial charge in [0.1, 0.15) is 0 Å². The molecule has 0 saturated carbocycles. The molecule has 5 nitrogen and oxygen atoms in total. The second-order valence-corrected chi connectivity index (χ2v) is 24.3. The molecule has 0 aliphatic rings. The van der Waals surface area contributed by atoms with Crippen LogP contribution >= 0.6 is 6.75 Å². The molecule has 0 heterocycles. The van der Waals surface area contributed by atoms with Crippen LogP contribution in [0, 0.1) is 0 Å². The predicted octanol–water partition coefficient (Wildman–Crippen LogP) is 12.9. The summed E-state index contributed by atoms with van der Waals surface area (Å²) in [6.07, 6.45) is 15.4. The average molecular weight is 764 g/mol. The first-order chi connectivity index (χ1) is 22.4. The van der Waals surface area contributed by atoms with Gasteiger partial charge >= 0.3 is 291 Å². The number of sulfonamides is 2. The maximum absolute atomic E-state index is 14.6. The Morgan fingerprint density at radius 2 is 0.562 bits per heavy atom. The fraction of sp³-hybridized carbons (Fsp3) is 1.00. The van der Waals surface area contributed by atoms with E-state index >= 15 is 0 Å². The van der Waals surface area contributed by atoms with E-state index < -0.39 is 41.3 Å². The van der Waals surface area contributed by atoms with E-state index in [9.17, 15) is 43.2 Å². The number of rotatable bonds is 31. The first kappa shape index (κ1) is 47.9. The quantitative estimate of drug-likeness (QED) is 0.0400. The molecule has 0 bridgehead atoms. The molecule has 0 aliphatic carbocycles. The van der Waals surface area contributed by atoms with E-state index in [0.717, 1.165) is 77.0 Å². The van der Waals surface area contributed by atoms with Gasteiger partial charge in [0.2, 0.25) is 0 Å². The van der Waals surface area contributed by atoms with Gasteiger partial charge in [-0.3, -0.25) is 0 Å². The molecule has 0 fully saturated rings. The van der Waals surface area contributed by atoms with Crippen molar-refractivity contribution in [1.29, 1.82) is 0 Å². The zero-order valence-electron chi connectivity index (χ0n) is 30.4. The van der Waals surface area contributed by atoms with Crippen LogP contribution in [0.5, 0.6) is 0 Å². The summed E-state index contributed by atoms with van der Waals surface area (Å²) in [7, 11) is -13.8. The Hall–Kier alpha value is -0.130. The van der Waals surface area contributed by atoms with Crippen LogP contribution < -0.4 is 0 Å². The molecule has 0 aromatic carbocycles. The summed E-state index contributed by atoms with van der Waals surface area (Å²) in [6.45, 7) is 3.04. The standard InChI is InChI=1S/C34H68F6NO4PS2/c1-5-9-13-17-21-25-29-46(30-26-22-18-14-10-6-2,31-27-23-19-15-11-7-3,32-28-24-20-16-12-8-4)41(47(42,43)33(35,36)37)48(44,45)34(38,39)40/h5-32H2,1-4H3. The molecule has 0 N–H and O–H groups in total. The molecule has 0 aromatic heterocycles. The van der Waals surface area contributed by atoms with Crippen LogP contribution in [0.15, 0.2) is 0 Å². The van der Waals surface area contributed by atoms with E-state index in [1.165, 1.54) is 0 Å². The molecule has 14 heteroatoms. The van der Waals surface area contributed by atoms with Gasteiger partial charge in [-0.1, -0.05) is 0 Å². The monoisotopic (exact) mass is 763 g/mol. The molecule has 0 atom stereocenters. The van der Waals surface area contributed by atoms with Crippen molar-refractivity contribution in [2.24, 2.45) is 0 Å². The van der Waals surface area contributed by atoms with Crippen LogP contribution in [-0.4, -0.2) is 56.0 Å². The van der Waals surface area contributed by atoms with Crippen molar-refractivity contribution in [3.8, 4) is 0 Å². The molecule has 0 radical (unpaired) electrons. The minimum atomic E-state index is -6.92. The Kier molecular flexibility index (Phi) is 23.4. The van der Waals surface area contributed by atoms with Gasteiger partial charge in [-0.2, -0.15) is 0 Å². The van der Waals surface area contributed by atoms with E-state index in [1.807, 2.05) is 27.7 Å². The number of unbranched alkanes of at least 4 members (excludes halogenated alkanes) is 20. The molecule has 0 unspecified atom stereocenters. The molecule has 48 heavy (non-hydrogen) atoms. The Balaban J connectivity index is 7.56. The van der Waals surface area contributed by atoms with Crippen LogP contribution in [0.2, 0.25) is 0 Å². The van der Waals surface area contributed by atoms with Gasteiger partial charge in [-0.25, -0.2) is 0 Å². The summed E-state index contributed by atoms with van der Waals surface area (Å²) in [5, 5.41) is 0. The Morgan fingerprint density at radius 1 is 0.375 bits per heavy atom. The molecule has 292 valence electrons. The Bertz CT molecular complexity index is 933. The van der Waals surface area contributed by atoms with Gasteiger partial charge in [0.15, 0.2) is 0 Å². The second kappa shape index (κ2) is 23.4. The summed E-state index contributed by atoms with van der Waals surface area (Å²) < 4.78 is 141. The summed E-state index contributed by atoms with van der Waals surface area (Å²) >= 11 is 0. The SMILES string of the molecule is CCCCCCCCP(CCCCCCCC)(CCCCCCCC)(CCCCCCCC)N(S(=O)(=O)C(F)(F)F)S(=O)(=O)C(F)(F)F. The van der Waals surface area contributed by atoms with Crippen molar-refractivity contribution in [3.63, 3.8) is 0 Å². The third-order valence-electron chi connectivity index (χ3n) is 9.80. The molecule has 0 aromatic rings. The predicted molar refractivity (Wildman–Crippen MR) is 192 cm³/mol. The van der Waals surface area contributed by atoms with E-state index in [1.54, 1.807) is 0 Å². The zero-order valence-corrected chi connectivity index (χ0v) is 32.9. The van der Waals surface area contributed by atoms with Gasteiger partial charge in [0, 0.05) is 0 Å². The number of alkyl halides is 6. The van der Waals surface area contributed by atoms with Gasteiger partial charge in [-0.05, 0) is 0 Å². The molecule has 0 rings (SSSR count). The average Bonchev–Trinajstić information content (AvgIpc) is 2.99. The number of nitrogens with zero attached hydrogens (tertiary/aromatic N) is 1. The summed E-state index contributed by atoms with van der Waals surface area (Å²) in [5.74, 6) is 0. The van der Waals surface area contributed by atoms with Crippen molar-refractivity contribution in [1.82, 2.24) is 3.48 Å². The number of halogens is 6. The molecule has 0 saturated heterocycles. The Morgan fingerprint density at radius 3 is 0.750 bits per heavy atom. The van der Waals surface area contributed by atoms with Crippen LogP contribution in [0.4, 0.5) is 26.3 Å². The van der Waals surface area contributed by atoms with Crippen LogP contribution in [0.1, 0.15) is 182 Å². The second-order valence-electron chi connectivity index (χ2n) is 14.0. The number of hydrogen-bond acceptors (Lipinski definition) is 4. The summed E-state index contributed by atoms with van der Waals surface area (Å²) in [5.41, 5.74) is -12.4. The van der Waals surface area contributed by atoms with E-state index in [-0.39, 0.29) is 50.3 Å². The first-order valence-electron chi connectivity index (χ1n) is 18.9. The van der Waals surface area contributed by atoms with E-state index in [4.69, 9.17) is 0 Å². The van der Waals surface area contributed by atoms with Crippen molar-refractivity contribution >= 4 is 26.8 Å². The normalized spacial score (nSPS) is 14.4. The van der Waals surface area contributed by atoms with Gasteiger partial charge < -0.3 is 0 Å². The van der Waals surface area contributed by atoms with Crippen molar-refractivity contribution in [2.75, 3.05) is 24.6 Å². The summed E-state index contributed by atoms with van der Waals surface area (Å²) in [6, 6.07) is 0. The fourth-order valence-electron chi connectivity index (χ4n) is 7.10. The topological polar surface area (TPSA) is 71.5 Å². The Labute approximate surface area is 290 Å². The maximum atomic E-state index is 14.6. The number of hydrogen-bond donors (Lipinski definition) is 0. The van der Waals surface area contributed by atoms with E-state index in [2.05, 4.69) is 0 Å². The van der Waals surface area contributed by atoms with Crippen molar-refractivity contribution in [3.05, 3.63) is 0 Å². The van der Waals surface area contributed by atoms with Crippen LogP contribution in [0.3, 0.4) is 0 Å². The van der Waals surface area contributed by atoms with Crippen molar-refractivity contribution in [2.45, 2.75) is 193 Å². The van der Waals surface area contributed by atoms with Gasteiger partial charge in [-0.15, -0.1) is 0 Å². The first-order valence-corrected chi connectivity index (χ1v) is 24.7. The summed E-state index contributed by atoms with van der Waals surface area (Å²) in [4.78, 5) is 0.